The van der Waals surface area contributed by atoms with Gasteiger partial charge in [-0.3, -0.25) is 0 Å². The molecule has 2 fully saturated rings. The van der Waals surface area contributed by atoms with E-state index in [9.17, 15) is 22.0 Å². The third-order valence-corrected chi connectivity index (χ3v) is 5.45. The molecule has 1 aliphatic heterocycles. The molecule has 0 unspecified atom stereocenters. The molecule has 3 nitrogen and oxygen atoms in total. The molecule has 1 aliphatic carbocycles. The lowest BCUT2D eigenvalue weighted by atomic mass is 9.82. The van der Waals surface area contributed by atoms with E-state index >= 15 is 0 Å². The summed E-state index contributed by atoms with van der Waals surface area (Å²) in [7, 11) is 0. The predicted molar refractivity (Wildman–Crippen MR) is 89.1 cm³/mol. The average molecular weight is 402 g/mol. The molecule has 0 N–H and O–H groups in total. The van der Waals surface area contributed by atoms with E-state index < -0.39 is 36.7 Å². The van der Waals surface area contributed by atoms with Crippen molar-refractivity contribution in [2.45, 2.75) is 56.1 Å². The fourth-order valence-corrected chi connectivity index (χ4v) is 3.54. The number of hydrogen-bond acceptors (Lipinski definition) is 4. The molecule has 0 bridgehead atoms. The van der Waals surface area contributed by atoms with Gasteiger partial charge >= 0.3 is 12.8 Å². The van der Waals surface area contributed by atoms with Crippen LogP contribution < -0.4 is 0 Å². The van der Waals surface area contributed by atoms with Crippen LogP contribution in [-0.2, 0) is 14.2 Å². The summed E-state index contributed by atoms with van der Waals surface area (Å²) < 4.78 is 79.7. The van der Waals surface area contributed by atoms with Crippen LogP contribution in [0.15, 0.2) is 23.8 Å². The van der Waals surface area contributed by atoms with Gasteiger partial charge in [0.1, 0.15) is 0 Å². The fraction of sp³-hybridized carbons (Fsp3) is 0.765. The summed E-state index contributed by atoms with van der Waals surface area (Å²) in [5, 5.41) is 0.228. The van der Waals surface area contributed by atoms with Crippen molar-refractivity contribution in [2.24, 2.45) is 5.92 Å². The Balaban J connectivity index is 1.93. The maximum atomic E-state index is 13.4. The molecule has 0 aromatic heterocycles. The largest absolute Gasteiger partial charge is 0.412 e. The molecule has 9 heteroatoms. The Labute approximate surface area is 153 Å². The van der Waals surface area contributed by atoms with Crippen LogP contribution in [0.4, 0.5) is 22.0 Å². The zero-order valence-electron chi connectivity index (χ0n) is 14.4. The highest BCUT2D eigenvalue weighted by Crippen LogP contribution is 2.40. The van der Waals surface area contributed by atoms with Gasteiger partial charge < -0.3 is 14.2 Å². The number of alkyl halides is 5. The molecular weight excluding hydrogens is 379 g/mol. The van der Waals surface area contributed by atoms with Crippen molar-refractivity contribution in [2.75, 3.05) is 19.5 Å². The van der Waals surface area contributed by atoms with E-state index in [1.165, 1.54) is 12.2 Å². The lowest BCUT2D eigenvalue weighted by Crippen LogP contribution is -2.32. The topological polar surface area (TPSA) is 27.7 Å². The highest BCUT2D eigenvalue weighted by Gasteiger charge is 2.40. The molecule has 2 rings (SSSR count). The van der Waals surface area contributed by atoms with Gasteiger partial charge in [-0.05, 0) is 43.9 Å². The minimum atomic E-state index is -4.47. The van der Waals surface area contributed by atoms with Crippen molar-refractivity contribution in [3.63, 3.8) is 0 Å². The Hall–Kier alpha value is -0.640. The van der Waals surface area contributed by atoms with E-state index in [-0.39, 0.29) is 30.9 Å². The van der Waals surface area contributed by atoms with E-state index in [2.05, 4.69) is 4.74 Å². The van der Waals surface area contributed by atoms with Crippen LogP contribution in [0.1, 0.15) is 25.7 Å². The SMILES string of the molecule is CSC1COC(/C=C/C=C(/C2CCC(OC(F)F)CC2)C(F)(F)F)OC1. The summed E-state index contributed by atoms with van der Waals surface area (Å²) >= 11 is 1.61. The molecule has 2 aliphatic rings. The Kier molecular flexibility index (Phi) is 8.38. The highest BCUT2D eigenvalue weighted by molar-refractivity contribution is 7.99. The lowest BCUT2D eigenvalue weighted by molar-refractivity contribution is -0.172. The molecule has 1 saturated carbocycles. The van der Waals surface area contributed by atoms with Crippen LogP contribution in [0, 0.1) is 5.92 Å². The molecule has 1 saturated heterocycles. The smallest absolute Gasteiger partial charge is 0.348 e. The Bertz CT molecular complexity index is 479. The van der Waals surface area contributed by atoms with E-state index in [0.29, 0.717) is 13.2 Å². The highest BCUT2D eigenvalue weighted by atomic mass is 32.2. The standard InChI is InChI=1S/C17H23F5O3S/c1-26-13-9-23-15(24-10-13)4-2-3-14(17(20,21)22)11-5-7-12(8-6-11)25-16(18)19/h2-4,11-13,15-16H,5-10H2,1H3/b4-2+,14-3-. The molecule has 1 heterocycles. The van der Waals surface area contributed by atoms with E-state index in [1.807, 2.05) is 6.26 Å². The maximum absolute atomic E-state index is 13.4. The van der Waals surface area contributed by atoms with Crippen molar-refractivity contribution < 1.29 is 36.2 Å². The maximum Gasteiger partial charge on any atom is 0.412 e. The minimum absolute atomic E-state index is 0.169. The van der Waals surface area contributed by atoms with Crippen LogP contribution in [0.3, 0.4) is 0 Å². The molecule has 0 aromatic rings. The molecule has 26 heavy (non-hydrogen) atoms. The quantitative estimate of drug-likeness (QED) is 0.465. The first-order chi connectivity index (χ1) is 12.3. The number of rotatable bonds is 6. The monoisotopic (exact) mass is 402 g/mol. The van der Waals surface area contributed by atoms with Gasteiger partial charge in [-0.15, -0.1) is 0 Å². The third kappa shape index (κ3) is 6.83. The van der Waals surface area contributed by atoms with Crippen LogP contribution in [0.5, 0.6) is 0 Å². The molecule has 0 spiro atoms. The van der Waals surface area contributed by atoms with Gasteiger partial charge in [0.2, 0.25) is 0 Å². The fourth-order valence-electron chi connectivity index (χ4n) is 3.12. The average Bonchev–Trinajstić information content (AvgIpc) is 2.59. The van der Waals surface area contributed by atoms with E-state index in [1.54, 1.807) is 11.8 Å². The molecule has 0 aromatic carbocycles. The Morgan fingerprint density at radius 2 is 1.73 bits per heavy atom. The Morgan fingerprint density at radius 3 is 2.23 bits per heavy atom. The summed E-state index contributed by atoms with van der Waals surface area (Å²) in [6.45, 7) is -1.92. The normalized spacial score (nSPS) is 31.7. The van der Waals surface area contributed by atoms with Gasteiger partial charge in [0.25, 0.3) is 0 Å². The first kappa shape index (κ1) is 21.7. The van der Waals surface area contributed by atoms with Crippen LogP contribution >= 0.6 is 11.8 Å². The van der Waals surface area contributed by atoms with Crippen molar-refractivity contribution in [3.8, 4) is 0 Å². The first-order valence-corrected chi connectivity index (χ1v) is 9.73. The summed E-state index contributed by atoms with van der Waals surface area (Å²) in [5.74, 6) is -0.716. The molecule has 150 valence electrons. The van der Waals surface area contributed by atoms with Crippen LogP contribution in [0.25, 0.3) is 0 Å². The number of thioether (sulfide) groups is 1. The van der Waals surface area contributed by atoms with Gasteiger partial charge in [0.15, 0.2) is 6.29 Å². The second-order valence-electron chi connectivity index (χ2n) is 6.27. The number of hydrogen-bond donors (Lipinski definition) is 0. The second kappa shape index (κ2) is 10.1. The van der Waals surface area contributed by atoms with Crippen molar-refractivity contribution in [1.82, 2.24) is 0 Å². The Morgan fingerprint density at radius 1 is 1.12 bits per heavy atom. The van der Waals surface area contributed by atoms with Crippen molar-refractivity contribution in [1.29, 1.82) is 0 Å². The third-order valence-electron chi connectivity index (χ3n) is 4.51. The first-order valence-electron chi connectivity index (χ1n) is 8.44. The summed E-state index contributed by atoms with van der Waals surface area (Å²) in [6.07, 6.45) is 0.647. The zero-order valence-corrected chi connectivity index (χ0v) is 15.2. The molecular formula is C17H23F5O3S. The van der Waals surface area contributed by atoms with Crippen molar-refractivity contribution in [3.05, 3.63) is 23.8 Å². The van der Waals surface area contributed by atoms with E-state index in [0.717, 1.165) is 6.08 Å². The summed E-state index contributed by atoms with van der Waals surface area (Å²) in [5.41, 5.74) is -0.651. The number of halogens is 5. The van der Waals surface area contributed by atoms with Gasteiger partial charge in [0, 0.05) is 5.57 Å². The van der Waals surface area contributed by atoms with Gasteiger partial charge in [-0.2, -0.15) is 33.7 Å². The molecule has 0 radical (unpaired) electrons. The number of ether oxygens (including phenoxy) is 3. The van der Waals surface area contributed by atoms with Crippen LogP contribution in [0.2, 0.25) is 0 Å². The zero-order chi connectivity index (χ0) is 19.2. The number of allylic oxidation sites excluding steroid dienone is 3. The molecule has 0 amide bonds. The lowest BCUT2D eigenvalue weighted by Gasteiger charge is -2.30. The molecule has 0 atom stereocenters. The van der Waals surface area contributed by atoms with Crippen LogP contribution in [-0.4, -0.2) is 49.9 Å². The summed E-state index contributed by atoms with van der Waals surface area (Å²) in [4.78, 5) is 0. The summed E-state index contributed by atoms with van der Waals surface area (Å²) in [6, 6.07) is 0. The van der Waals surface area contributed by atoms with Gasteiger partial charge in [-0.25, -0.2) is 0 Å². The van der Waals surface area contributed by atoms with E-state index in [4.69, 9.17) is 9.47 Å². The minimum Gasteiger partial charge on any atom is -0.348 e. The van der Waals surface area contributed by atoms with Gasteiger partial charge in [0.05, 0.1) is 24.6 Å². The second-order valence-corrected chi connectivity index (χ2v) is 7.41. The van der Waals surface area contributed by atoms with Crippen molar-refractivity contribution >= 4 is 11.8 Å². The predicted octanol–water partition coefficient (Wildman–Crippen LogP) is 4.93. The van der Waals surface area contributed by atoms with Gasteiger partial charge in [-0.1, -0.05) is 12.2 Å².